The first kappa shape index (κ1) is 13.4. The molecular formula is C13H13FN2O2S. The minimum absolute atomic E-state index is 0.0603. The molecule has 3 N–H and O–H groups in total. The molecule has 0 heterocycles. The van der Waals surface area contributed by atoms with Crippen LogP contribution < -0.4 is 10.5 Å². The minimum atomic E-state index is -3.85. The van der Waals surface area contributed by atoms with Crippen LogP contribution in [0.4, 0.5) is 15.8 Å². The number of hydrogen-bond donors (Lipinski definition) is 2. The molecule has 0 saturated carbocycles. The number of hydrogen-bond acceptors (Lipinski definition) is 3. The second-order valence-corrected chi connectivity index (χ2v) is 5.82. The standard InChI is InChI=1S/C13H13FN2O2S/c1-9-4-2-3-5-13(9)16-19(17,18)12-7-10(14)6-11(15)8-12/h2-8,16H,15H2,1H3. The molecule has 0 aliphatic carbocycles. The summed E-state index contributed by atoms with van der Waals surface area (Å²) in [5.41, 5.74) is 6.73. The number of nitrogen functional groups attached to an aromatic ring is 1. The smallest absolute Gasteiger partial charge is 0.262 e. The third-order valence-corrected chi connectivity index (χ3v) is 3.94. The van der Waals surface area contributed by atoms with Gasteiger partial charge in [0.25, 0.3) is 10.0 Å². The number of aryl methyl sites for hydroxylation is 1. The van der Waals surface area contributed by atoms with Gasteiger partial charge in [0, 0.05) is 5.69 Å². The van der Waals surface area contributed by atoms with Crippen molar-refractivity contribution < 1.29 is 12.8 Å². The van der Waals surface area contributed by atoms with Crippen molar-refractivity contribution in [1.29, 1.82) is 0 Å². The number of nitrogens with one attached hydrogen (secondary N) is 1. The van der Waals surface area contributed by atoms with Crippen molar-refractivity contribution in [1.82, 2.24) is 0 Å². The van der Waals surface area contributed by atoms with Crippen LogP contribution in [0.5, 0.6) is 0 Å². The summed E-state index contributed by atoms with van der Waals surface area (Å²) in [4.78, 5) is -0.201. The predicted molar refractivity (Wildman–Crippen MR) is 72.8 cm³/mol. The SMILES string of the molecule is Cc1ccccc1NS(=O)(=O)c1cc(N)cc(F)c1. The minimum Gasteiger partial charge on any atom is -0.399 e. The molecule has 19 heavy (non-hydrogen) atoms. The molecule has 0 saturated heterocycles. The van der Waals surface area contributed by atoms with Gasteiger partial charge in [-0.3, -0.25) is 4.72 Å². The fourth-order valence-electron chi connectivity index (χ4n) is 1.63. The average Bonchev–Trinajstić information content (AvgIpc) is 2.31. The molecule has 0 atom stereocenters. The third-order valence-electron chi connectivity index (χ3n) is 2.59. The molecular weight excluding hydrogens is 267 g/mol. The molecule has 0 fully saturated rings. The van der Waals surface area contributed by atoms with E-state index in [1.807, 2.05) is 0 Å². The fraction of sp³-hybridized carbons (Fsp3) is 0.0769. The van der Waals surface area contributed by atoms with Crippen LogP contribution in [-0.4, -0.2) is 8.42 Å². The molecule has 0 amide bonds. The van der Waals surface area contributed by atoms with Gasteiger partial charge in [0.05, 0.1) is 10.6 Å². The Hall–Kier alpha value is -2.08. The van der Waals surface area contributed by atoms with Crippen LogP contribution in [0.3, 0.4) is 0 Å². The lowest BCUT2D eigenvalue weighted by Crippen LogP contribution is -2.14. The van der Waals surface area contributed by atoms with Crippen LogP contribution in [0, 0.1) is 12.7 Å². The summed E-state index contributed by atoms with van der Waals surface area (Å²) in [5, 5.41) is 0. The first-order valence-corrected chi connectivity index (χ1v) is 7.01. The average molecular weight is 280 g/mol. The predicted octanol–water partition coefficient (Wildman–Crippen LogP) is 2.52. The molecule has 0 aliphatic heterocycles. The van der Waals surface area contributed by atoms with Crippen molar-refractivity contribution in [2.45, 2.75) is 11.8 Å². The van der Waals surface area contributed by atoms with Gasteiger partial charge in [-0.25, -0.2) is 12.8 Å². The van der Waals surface area contributed by atoms with Gasteiger partial charge >= 0.3 is 0 Å². The second-order valence-electron chi connectivity index (χ2n) is 4.14. The van der Waals surface area contributed by atoms with E-state index in [-0.39, 0.29) is 10.6 Å². The van der Waals surface area contributed by atoms with E-state index in [2.05, 4.69) is 4.72 Å². The molecule has 0 aromatic heterocycles. The lowest BCUT2D eigenvalue weighted by Gasteiger charge is -2.10. The van der Waals surface area contributed by atoms with E-state index >= 15 is 0 Å². The second kappa shape index (κ2) is 4.89. The van der Waals surface area contributed by atoms with Crippen molar-refractivity contribution in [2.75, 3.05) is 10.5 Å². The summed E-state index contributed by atoms with van der Waals surface area (Å²) in [6, 6.07) is 10.1. The van der Waals surface area contributed by atoms with Crippen molar-refractivity contribution in [3.63, 3.8) is 0 Å². The van der Waals surface area contributed by atoms with Crippen molar-refractivity contribution >= 4 is 21.4 Å². The first-order valence-electron chi connectivity index (χ1n) is 5.53. The monoisotopic (exact) mass is 280 g/mol. The number of halogens is 1. The fourth-order valence-corrected chi connectivity index (χ4v) is 2.83. The van der Waals surface area contributed by atoms with Crippen LogP contribution in [0.25, 0.3) is 0 Å². The molecule has 2 rings (SSSR count). The number of nitrogens with two attached hydrogens (primary N) is 1. The van der Waals surface area contributed by atoms with E-state index in [1.165, 1.54) is 6.07 Å². The van der Waals surface area contributed by atoms with E-state index in [1.54, 1.807) is 31.2 Å². The lowest BCUT2D eigenvalue weighted by atomic mass is 10.2. The van der Waals surface area contributed by atoms with Gasteiger partial charge in [0.1, 0.15) is 5.82 Å². The topological polar surface area (TPSA) is 72.2 Å². The number of anilines is 2. The summed E-state index contributed by atoms with van der Waals surface area (Å²) in [5.74, 6) is -0.690. The third kappa shape index (κ3) is 3.03. The molecule has 4 nitrogen and oxygen atoms in total. The van der Waals surface area contributed by atoms with Gasteiger partial charge in [-0.15, -0.1) is 0 Å². The summed E-state index contributed by atoms with van der Waals surface area (Å²) in [6.07, 6.45) is 0. The van der Waals surface area contributed by atoms with Crippen LogP contribution in [-0.2, 0) is 10.0 Å². The van der Waals surface area contributed by atoms with Crippen molar-refractivity contribution in [3.05, 3.63) is 53.8 Å². The van der Waals surface area contributed by atoms with Gasteiger partial charge in [0.2, 0.25) is 0 Å². The maximum atomic E-state index is 13.2. The number of para-hydroxylation sites is 1. The summed E-state index contributed by atoms with van der Waals surface area (Å²) in [6.45, 7) is 1.78. The maximum absolute atomic E-state index is 13.2. The Kier molecular flexibility index (Phi) is 3.44. The highest BCUT2D eigenvalue weighted by atomic mass is 32.2. The first-order chi connectivity index (χ1) is 8.88. The zero-order valence-corrected chi connectivity index (χ0v) is 11.0. The van der Waals surface area contributed by atoms with Crippen molar-refractivity contribution in [2.24, 2.45) is 0 Å². The van der Waals surface area contributed by atoms with E-state index in [4.69, 9.17) is 5.73 Å². The zero-order valence-electron chi connectivity index (χ0n) is 10.2. The normalized spacial score (nSPS) is 11.3. The molecule has 100 valence electrons. The molecule has 0 spiro atoms. The van der Waals surface area contributed by atoms with E-state index in [0.717, 1.165) is 17.7 Å². The summed E-state index contributed by atoms with van der Waals surface area (Å²) < 4.78 is 39.9. The highest BCUT2D eigenvalue weighted by Crippen LogP contribution is 2.21. The van der Waals surface area contributed by atoms with Crippen LogP contribution >= 0.6 is 0 Å². The number of rotatable bonds is 3. The maximum Gasteiger partial charge on any atom is 0.262 e. The van der Waals surface area contributed by atoms with E-state index in [9.17, 15) is 12.8 Å². The largest absolute Gasteiger partial charge is 0.399 e. The van der Waals surface area contributed by atoms with Crippen LogP contribution in [0.2, 0.25) is 0 Å². The van der Waals surface area contributed by atoms with Crippen molar-refractivity contribution in [3.8, 4) is 0 Å². The Balaban J connectivity index is 2.41. The number of sulfonamides is 1. The molecule has 0 radical (unpaired) electrons. The van der Waals surface area contributed by atoms with Gasteiger partial charge < -0.3 is 5.73 Å². The van der Waals surface area contributed by atoms with Crippen LogP contribution in [0.15, 0.2) is 47.4 Å². The molecule has 0 unspecified atom stereocenters. The Labute approximate surface area is 111 Å². The van der Waals surface area contributed by atoms with Gasteiger partial charge in [-0.1, -0.05) is 18.2 Å². The highest BCUT2D eigenvalue weighted by Gasteiger charge is 2.16. The Morgan fingerprint density at radius 2 is 1.84 bits per heavy atom. The molecule has 0 aliphatic rings. The lowest BCUT2D eigenvalue weighted by molar-refractivity contribution is 0.595. The van der Waals surface area contributed by atoms with E-state index < -0.39 is 15.8 Å². The van der Waals surface area contributed by atoms with E-state index in [0.29, 0.717) is 5.69 Å². The number of benzene rings is 2. The zero-order chi connectivity index (χ0) is 14.0. The Bertz CT molecular complexity index is 694. The molecule has 6 heteroatoms. The van der Waals surface area contributed by atoms with Crippen LogP contribution in [0.1, 0.15) is 5.56 Å². The Morgan fingerprint density at radius 1 is 1.16 bits per heavy atom. The summed E-state index contributed by atoms with van der Waals surface area (Å²) >= 11 is 0. The molecule has 2 aromatic carbocycles. The Morgan fingerprint density at radius 3 is 2.47 bits per heavy atom. The quantitative estimate of drug-likeness (QED) is 0.848. The molecule has 0 bridgehead atoms. The van der Waals surface area contributed by atoms with Gasteiger partial charge in [0.15, 0.2) is 0 Å². The highest BCUT2D eigenvalue weighted by molar-refractivity contribution is 7.92. The van der Waals surface area contributed by atoms with Gasteiger partial charge in [-0.05, 0) is 36.8 Å². The summed E-state index contributed by atoms with van der Waals surface area (Å²) in [7, 11) is -3.85. The molecule has 2 aromatic rings. The van der Waals surface area contributed by atoms with Gasteiger partial charge in [-0.2, -0.15) is 0 Å².